The van der Waals surface area contributed by atoms with Crippen molar-refractivity contribution in [2.24, 2.45) is 5.10 Å². The number of nitrogens with zero attached hydrogens (tertiary/aromatic N) is 1. The second kappa shape index (κ2) is 11.3. The summed E-state index contributed by atoms with van der Waals surface area (Å²) in [5.74, 6) is 1.01. The molecule has 7 nitrogen and oxygen atoms in total. The minimum absolute atomic E-state index is 0.329. The maximum atomic E-state index is 12.3. The molecule has 0 saturated carbocycles. The Morgan fingerprint density at radius 2 is 1.25 bits per heavy atom. The van der Waals surface area contributed by atoms with Crippen LogP contribution in [0.1, 0.15) is 40.1 Å². The number of amides is 1. The van der Waals surface area contributed by atoms with E-state index in [1.54, 1.807) is 72.8 Å². The lowest BCUT2D eigenvalue weighted by atomic mass is 10.2. The lowest BCUT2D eigenvalue weighted by Crippen LogP contribution is -2.17. The molecular formula is C25H24N2O5. The van der Waals surface area contributed by atoms with E-state index < -0.39 is 5.97 Å². The van der Waals surface area contributed by atoms with Gasteiger partial charge in [0.05, 0.1) is 25.0 Å². The number of hydrogen-bond acceptors (Lipinski definition) is 6. The molecule has 3 aromatic rings. The van der Waals surface area contributed by atoms with Crippen molar-refractivity contribution in [1.82, 2.24) is 5.43 Å². The summed E-state index contributed by atoms with van der Waals surface area (Å²) in [7, 11) is 0. The van der Waals surface area contributed by atoms with Gasteiger partial charge in [0, 0.05) is 5.56 Å². The van der Waals surface area contributed by atoms with Crippen LogP contribution in [0.2, 0.25) is 0 Å². The first-order valence-corrected chi connectivity index (χ1v) is 10.2. The van der Waals surface area contributed by atoms with Crippen LogP contribution in [0.3, 0.4) is 0 Å². The number of esters is 1. The normalized spacial score (nSPS) is 10.6. The van der Waals surface area contributed by atoms with Crippen LogP contribution in [0.4, 0.5) is 0 Å². The summed E-state index contributed by atoms with van der Waals surface area (Å²) in [6.45, 7) is 4.92. The molecule has 1 N–H and O–H groups in total. The van der Waals surface area contributed by atoms with Crippen LogP contribution in [0.5, 0.6) is 17.2 Å². The smallest absolute Gasteiger partial charge is 0.343 e. The molecule has 0 aliphatic rings. The van der Waals surface area contributed by atoms with E-state index in [0.717, 1.165) is 5.56 Å². The average molecular weight is 432 g/mol. The number of rotatable bonds is 9. The van der Waals surface area contributed by atoms with Gasteiger partial charge in [-0.05, 0) is 92.2 Å². The zero-order valence-electron chi connectivity index (χ0n) is 17.9. The quantitative estimate of drug-likeness (QED) is 0.233. The van der Waals surface area contributed by atoms with Gasteiger partial charge in [-0.2, -0.15) is 5.10 Å². The van der Waals surface area contributed by atoms with Gasteiger partial charge in [-0.25, -0.2) is 10.2 Å². The Hall–Kier alpha value is -4.13. The standard InChI is InChI=1S/C25H24N2O5/c1-3-30-21-13-7-19(8-14-21)24(28)27-26-17-18-5-11-23(12-6-18)32-25(29)20-9-15-22(16-10-20)31-4-2/h5-17H,3-4H2,1-2H3,(H,27,28)/b26-17+. The number of hydrazone groups is 1. The zero-order chi connectivity index (χ0) is 22.8. The molecule has 3 rings (SSSR count). The molecule has 32 heavy (non-hydrogen) atoms. The Morgan fingerprint density at radius 1 is 0.750 bits per heavy atom. The fraction of sp³-hybridized carbons (Fsp3) is 0.160. The molecule has 164 valence electrons. The Morgan fingerprint density at radius 3 is 1.78 bits per heavy atom. The van der Waals surface area contributed by atoms with Gasteiger partial charge in [-0.15, -0.1) is 0 Å². The highest BCUT2D eigenvalue weighted by molar-refractivity contribution is 5.95. The molecule has 0 aliphatic heterocycles. The van der Waals surface area contributed by atoms with Gasteiger partial charge in [0.15, 0.2) is 0 Å². The van der Waals surface area contributed by atoms with E-state index in [-0.39, 0.29) is 5.91 Å². The van der Waals surface area contributed by atoms with E-state index in [2.05, 4.69) is 10.5 Å². The van der Waals surface area contributed by atoms with Crippen molar-refractivity contribution >= 4 is 18.1 Å². The van der Waals surface area contributed by atoms with Crippen LogP contribution >= 0.6 is 0 Å². The molecule has 0 bridgehead atoms. The topological polar surface area (TPSA) is 86.2 Å². The van der Waals surface area contributed by atoms with E-state index in [1.807, 2.05) is 13.8 Å². The number of benzene rings is 3. The number of ether oxygens (including phenoxy) is 3. The van der Waals surface area contributed by atoms with Crippen LogP contribution in [0.25, 0.3) is 0 Å². The molecule has 0 fully saturated rings. The molecular weight excluding hydrogens is 408 g/mol. The van der Waals surface area contributed by atoms with E-state index >= 15 is 0 Å². The fourth-order valence-corrected chi connectivity index (χ4v) is 2.74. The SMILES string of the molecule is CCOc1ccc(C(=O)N/N=C/c2ccc(OC(=O)c3ccc(OCC)cc3)cc2)cc1. The van der Waals surface area contributed by atoms with E-state index in [9.17, 15) is 9.59 Å². The van der Waals surface area contributed by atoms with Crippen molar-refractivity contribution in [1.29, 1.82) is 0 Å². The van der Waals surface area contributed by atoms with Crippen molar-refractivity contribution in [3.05, 3.63) is 89.5 Å². The van der Waals surface area contributed by atoms with Crippen molar-refractivity contribution in [3.8, 4) is 17.2 Å². The summed E-state index contributed by atoms with van der Waals surface area (Å²) in [4.78, 5) is 24.4. The van der Waals surface area contributed by atoms with Gasteiger partial charge in [0.1, 0.15) is 17.2 Å². The highest BCUT2D eigenvalue weighted by atomic mass is 16.5. The summed E-state index contributed by atoms with van der Waals surface area (Å²) in [6.07, 6.45) is 1.50. The molecule has 1 amide bonds. The van der Waals surface area contributed by atoms with Gasteiger partial charge in [0.25, 0.3) is 5.91 Å². The summed E-state index contributed by atoms with van der Waals surface area (Å²) < 4.78 is 16.1. The van der Waals surface area contributed by atoms with E-state index in [1.165, 1.54) is 6.21 Å². The van der Waals surface area contributed by atoms with Crippen LogP contribution in [-0.4, -0.2) is 31.3 Å². The third-order valence-corrected chi connectivity index (χ3v) is 4.30. The van der Waals surface area contributed by atoms with E-state index in [4.69, 9.17) is 14.2 Å². The lowest BCUT2D eigenvalue weighted by molar-refractivity contribution is 0.0734. The number of carbonyl (C=O) groups is 2. The third kappa shape index (κ3) is 6.43. The first-order valence-electron chi connectivity index (χ1n) is 10.2. The van der Waals surface area contributed by atoms with Gasteiger partial charge in [-0.1, -0.05) is 0 Å². The maximum Gasteiger partial charge on any atom is 0.343 e. The predicted molar refractivity (Wildman–Crippen MR) is 122 cm³/mol. The van der Waals surface area contributed by atoms with Crippen molar-refractivity contribution in [2.45, 2.75) is 13.8 Å². The number of carbonyl (C=O) groups excluding carboxylic acids is 2. The molecule has 0 aliphatic carbocycles. The molecule has 0 unspecified atom stereocenters. The molecule has 0 aromatic heterocycles. The number of hydrogen-bond donors (Lipinski definition) is 1. The Labute approximate surface area is 186 Å². The first kappa shape index (κ1) is 22.6. The molecule has 0 radical (unpaired) electrons. The van der Waals surface area contributed by atoms with Crippen LogP contribution in [-0.2, 0) is 0 Å². The Bertz CT molecular complexity index is 1060. The summed E-state index contributed by atoms with van der Waals surface area (Å²) >= 11 is 0. The van der Waals surface area contributed by atoms with Crippen LogP contribution < -0.4 is 19.6 Å². The van der Waals surface area contributed by atoms with Crippen molar-refractivity contribution in [2.75, 3.05) is 13.2 Å². The molecule has 0 heterocycles. The second-order valence-corrected chi connectivity index (χ2v) is 6.57. The fourth-order valence-electron chi connectivity index (χ4n) is 2.74. The largest absolute Gasteiger partial charge is 0.494 e. The molecule has 0 spiro atoms. The first-order chi connectivity index (χ1) is 15.6. The lowest BCUT2D eigenvalue weighted by Gasteiger charge is -2.06. The summed E-state index contributed by atoms with van der Waals surface area (Å²) in [6, 6.07) is 20.3. The summed E-state index contributed by atoms with van der Waals surface area (Å²) in [5.41, 5.74) is 4.11. The maximum absolute atomic E-state index is 12.3. The molecule has 0 atom stereocenters. The predicted octanol–water partition coefficient (Wildman–Crippen LogP) is 4.47. The molecule has 0 saturated heterocycles. The molecule has 7 heteroatoms. The monoisotopic (exact) mass is 432 g/mol. The Kier molecular flexibility index (Phi) is 7.97. The van der Waals surface area contributed by atoms with Crippen molar-refractivity contribution < 1.29 is 23.8 Å². The minimum atomic E-state index is -0.461. The van der Waals surface area contributed by atoms with Gasteiger partial charge < -0.3 is 14.2 Å². The van der Waals surface area contributed by atoms with Gasteiger partial charge in [-0.3, -0.25) is 4.79 Å². The highest BCUT2D eigenvalue weighted by Gasteiger charge is 2.09. The highest BCUT2D eigenvalue weighted by Crippen LogP contribution is 2.16. The van der Waals surface area contributed by atoms with Gasteiger partial charge >= 0.3 is 5.97 Å². The van der Waals surface area contributed by atoms with Crippen LogP contribution in [0.15, 0.2) is 77.9 Å². The van der Waals surface area contributed by atoms with Crippen molar-refractivity contribution in [3.63, 3.8) is 0 Å². The third-order valence-electron chi connectivity index (χ3n) is 4.30. The summed E-state index contributed by atoms with van der Waals surface area (Å²) in [5, 5.41) is 3.96. The van der Waals surface area contributed by atoms with E-state index in [0.29, 0.717) is 41.6 Å². The van der Waals surface area contributed by atoms with Gasteiger partial charge in [0.2, 0.25) is 0 Å². The Balaban J connectivity index is 1.51. The molecule has 3 aromatic carbocycles. The second-order valence-electron chi connectivity index (χ2n) is 6.57. The average Bonchev–Trinajstić information content (AvgIpc) is 2.81. The number of nitrogens with one attached hydrogen (secondary N) is 1. The zero-order valence-corrected chi connectivity index (χ0v) is 17.9. The van der Waals surface area contributed by atoms with Crippen LogP contribution in [0, 0.1) is 0 Å². The minimum Gasteiger partial charge on any atom is -0.494 e.